The van der Waals surface area contributed by atoms with Gasteiger partial charge >= 0.3 is 11.7 Å². The lowest BCUT2D eigenvalue weighted by molar-refractivity contribution is -0.124. The highest BCUT2D eigenvalue weighted by atomic mass is 32.2. The number of esters is 1. The quantitative estimate of drug-likeness (QED) is 0.715. The third-order valence-electron chi connectivity index (χ3n) is 3.12. The van der Waals surface area contributed by atoms with Crippen molar-refractivity contribution in [2.75, 3.05) is 6.61 Å². The summed E-state index contributed by atoms with van der Waals surface area (Å²) in [6.45, 7) is 3.32. The fourth-order valence-electron chi connectivity index (χ4n) is 1.92. The first-order valence-electron chi connectivity index (χ1n) is 7.27. The fourth-order valence-corrected chi connectivity index (χ4v) is 2.64. The maximum Gasteiger partial charge on any atom is 0.341 e. The van der Waals surface area contributed by atoms with Gasteiger partial charge < -0.3 is 10.1 Å². The zero-order valence-corrected chi connectivity index (χ0v) is 14.1. The second kappa shape index (κ2) is 8.72. The number of hydrogen-bond donors (Lipinski definition) is 1. The van der Waals surface area contributed by atoms with Gasteiger partial charge in [0.15, 0.2) is 6.61 Å². The van der Waals surface area contributed by atoms with Crippen LogP contribution in [0.4, 0.5) is 8.78 Å². The third kappa shape index (κ3) is 5.55. The van der Waals surface area contributed by atoms with Gasteiger partial charge in [0, 0.05) is 6.04 Å². The molecule has 0 saturated carbocycles. The molecule has 6 nitrogen and oxygen atoms in total. The molecule has 0 bridgehead atoms. The van der Waals surface area contributed by atoms with E-state index < -0.39 is 39.0 Å². The minimum atomic E-state index is -4.71. The van der Waals surface area contributed by atoms with Crippen molar-refractivity contribution in [1.82, 2.24) is 5.32 Å². The molecule has 0 fully saturated rings. The van der Waals surface area contributed by atoms with Crippen LogP contribution in [0.5, 0.6) is 0 Å². The van der Waals surface area contributed by atoms with E-state index >= 15 is 0 Å². The lowest BCUT2D eigenvalue weighted by Crippen LogP contribution is -2.35. The fraction of sp³-hybridized carbons (Fsp3) is 0.467. The van der Waals surface area contributed by atoms with Gasteiger partial charge in [-0.25, -0.2) is 13.2 Å². The first-order valence-corrected chi connectivity index (χ1v) is 8.81. The Balaban J connectivity index is 2.62. The van der Waals surface area contributed by atoms with E-state index in [0.717, 1.165) is 37.1 Å². The Morgan fingerprint density at radius 2 is 1.79 bits per heavy atom. The van der Waals surface area contributed by atoms with Gasteiger partial charge in [0.1, 0.15) is 0 Å². The van der Waals surface area contributed by atoms with Crippen LogP contribution in [-0.4, -0.2) is 38.7 Å². The van der Waals surface area contributed by atoms with E-state index in [0.29, 0.717) is 0 Å². The normalized spacial score (nSPS) is 12.7. The van der Waals surface area contributed by atoms with Crippen molar-refractivity contribution in [3.05, 3.63) is 29.8 Å². The molecule has 0 aliphatic heterocycles. The molecule has 0 aliphatic rings. The average Bonchev–Trinajstić information content (AvgIpc) is 2.52. The molecule has 1 N–H and O–H groups in total. The molecule has 134 valence electrons. The highest BCUT2D eigenvalue weighted by molar-refractivity contribution is 7.91. The van der Waals surface area contributed by atoms with Crippen molar-refractivity contribution in [1.29, 1.82) is 0 Å². The molecule has 1 aromatic rings. The predicted molar refractivity (Wildman–Crippen MR) is 82.4 cm³/mol. The lowest BCUT2D eigenvalue weighted by atomic mass is 10.2. The number of sulfone groups is 1. The molecule has 0 saturated heterocycles. The number of carbonyl (C=O) groups excluding carboxylic acids is 2. The van der Waals surface area contributed by atoms with Crippen LogP contribution in [-0.2, 0) is 19.4 Å². The standard InChI is InChI=1S/C15H19F2NO5S/c1-3-4-10(2)18-13(19)9-23-14(20)11-5-7-12(8-6-11)24(21,22)15(16)17/h5-8,10,15H,3-4,9H2,1-2H3,(H,18,19)/t10-/m1/s1. The molecule has 0 spiro atoms. The van der Waals surface area contributed by atoms with E-state index in [9.17, 15) is 26.8 Å². The van der Waals surface area contributed by atoms with Gasteiger partial charge in [-0.05, 0) is 37.6 Å². The van der Waals surface area contributed by atoms with Crippen molar-refractivity contribution in [3.8, 4) is 0 Å². The first kappa shape index (κ1) is 20.0. The van der Waals surface area contributed by atoms with E-state index in [1.54, 1.807) is 0 Å². The maximum absolute atomic E-state index is 12.4. The zero-order chi connectivity index (χ0) is 18.3. The van der Waals surface area contributed by atoms with Gasteiger partial charge in [0.05, 0.1) is 10.5 Å². The van der Waals surface area contributed by atoms with Crippen molar-refractivity contribution in [3.63, 3.8) is 0 Å². The number of hydrogen-bond acceptors (Lipinski definition) is 5. The van der Waals surface area contributed by atoms with Crippen LogP contribution < -0.4 is 5.32 Å². The van der Waals surface area contributed by atoms with Crippen LogP contribution in [0, 0.1) is 0 Å². The number of nitrogens with one attached hydrogen (secondary N) is 1. The van der Waals surface area contributed by atoms with E-state index in [1.807, 2.05) is 13.8 Å². The second-order valence-electron chi connectivity index (χ2n) is 5.16. The van der Waals surface area contributed by atoms with Crippen LogP contribution in [0.2, 0.25) is 0 Å². The van der Waals surface area contributed by atoms with Crippen LogP contribution in [0.3, 0.4) is 0 Å². The summed E-state index contributed by atoms with van der Waals surface area (Å²) in [5.74, 6) is -4.85. The Kier molecular flexibility index (Phi) is 7.27. The Morgan fingerprint density at radius 1 is 1.21 bits per heavy atom. The van der Waals surface area contributed by atoms with Crippen LogP contribution in [0.1, 0.15) is 37.0 Å². The van der Waals surface area contributed by atoms with Crippen LogP contribution >= 0.6 is 0 Å². The Labute approximate surface area is 139 Å². The predicted octanol–water partition coefficient (Wildman–Crippen LogP) is 2.14. The molecule has 0 unspecified atom stereocenters. The van der Waals surface area contributed by atoms with Gasteiger partial charge in [-0.15, -0.1) is 0 Å². The minimum absolute atomic E-state index is 0.0416. The minimum Gasteiger partial charge on any atom is -0.452 e. The van der Waals surface area contributed by atoms with Crippen molar-refractivity contribution >= 4 is 21.7 Å². The SMILES string of the molecule is CCC[C@@H](C)NC(=O)COC(=O)c1ccc(S(=O)(=O)C(F)F)cc1. The van der Waals surface area contributed by atoms with E-state index in [1.165, 1.54) is 0 Å². The molecule has 0 aliphatic carbocycles. The monoisotopic (exact) mass is 363 g/mol. The Morgan fingerprint density at radius 3 is 2.29 bits per heavy atom. The summed E-state index contributed by atoms with van der Waals surface area (Å²) >= 11 is 0. The molecule has 1 amide bonds. The number of halogens is 2. The number of alkyl halides is 2. The third-order valence-corrected chi connectivity index (χ3v) is 4.51. The molecular weight excluding hydrogens is 344 g/mol. The summed E-state index contributed by atoms with van der Waals surface area (Å²) in [6.07, 6.45) is 1.69. The molecule has 0 heterocycles. The first-order chi connectivity index (χ1) is 11.2. The summed E-state index contributed by atoms with van der Waals surface area (Å²) in [4.78, 5) is 22.7. The molecule has 0 radical (unpaired) electrons. The molecule has 1 aromatic carbocycles. The second-order valence-corrected chi connectivity index (χ2v) is 7.08. The average molecular weight is 363 g/mol. The summed E-state index contributed by atoms with van der Waals surface area (Å²) in [7, 11) is -4.71. The van der Waals surface area contributed by atoms with Crippen LogP contribution in [0.15, 0.2) is 29.2 Å². The smallest absolute Gasteiger partial charge is 0.341 e. The van der Waals surface area contributed by atoms with Crippen molar-refractivity contribution in [2.24, 2.45) is 0 Å². The van der Waals surface area contributed by atoms with Crippen molar-refractivity contribution < 1.29 is 31.5 Å². The van der Waals surface area contributed by atoms with E-state index in [4.69, 9.17) is 4.74 Å². The van der Waals surface area contributed by atoms with Gasteiger partial charge in [0.25, 0.3) is 5.91 Å². The number of carbonyl (C=O) groups is 2. The van der Waals surface area contributed by atoms with Crippen LogP contribution in [0.25, 0.3) is 0 Å². The van der Waals surface area contributed by atoms with E-state index in [-0.39, 0.29) is 11.6 Å². The number of ether oxygens (including phenoxy) is 1. The highest BCUT2D eigenvalue weighted by Gasteiger charge is 2.26. The topological polar surface area (TPSA) is 89.5 Å². The summed E-state index contributed by atoms with van der Waals surface area (Å²) in [5, 5.41) is 2.65. The summed E-state index contributed by atoms with van der Waals surface area (Å²) < 4.78 is 52.1. The molecular formula is C15H19F2NO5S. The summed E-state index contributed by atoms with van der Waals surface area (Å²) in [6, 6.07) is 3.84. The highest BCUT2D eigenvalue weighted by Crippen LogP contribution is 2.18. The largest absolute Gasteiger partial charge is 0.452 e. The van der Waals surface area contributed by atoms with E-state index in [2.05, 4.69) is 5.32 Å². The molecule has 1 atom stereocenters. The molecule has 0 aromatic heterocycles. The molecule has 24 heavy (non-hydrogen) atoms. The van der Waals surface area contributed by atoms with Gasteiger partial charge in [-0.1, -0.05) is 13.3 Å². The number of amides is 1. The van der Waals surface area contributed by atoms with Gasteiger partial charge in [-0.2, -0.15) is 8.78 Å². The summed E-state index contributed by atoms with van der Waals surface area (Å²) in [5.41, 5.74) is -0.0439. The van der Waals surface area contributed by atoms with Gasteiger partial charge in [0.2, 0.25) is 9.84 Å². The number of rotatable bonds is 8. The van der Waals surface area contributed by atoms with Crippen molar-refractivity contribution in [2.45, 2.75) is 43.4 Å². The zero-order valence-electron chi connectivity index (χ0n) is 13.3. The Bertz CT molecular complexity index is 674. The number of benzene rings is 1. The van der Waals surface area contributed by atoms with Gasteiger partial charge in [-0.3, -0.25) is 4.79 Å². The Hall–Kier alpha value is -2.03. The molecule has 1 rings (SSSR count). The molecule has 9 heteroatoms. The maximum atomic E-state index is 12.4. The lowest BCUT2D eigenvalue weighted by Gasteiger charge is -2.12.